The molecule has 0 aliphatic heterocycles. The Labute approximate surface area is 87.9 Å². The van der Waals surface area contributed by atoms with E-state index in [-0.39, 0.29) is 6.61 Å². The van der Waals surface area contributed by atoms with E-state index in [9.17, 15) is 4.79 Å². The second kappa shape index (κ2) is 5.47. The Kier molecular flexibility index (Phi) is 4.26. The predicted octanol–water partition coefficient (Wildman–Crippen LogP) is -0.391. The Morgan fingerprint density at radius 3 is 3.00 bits per heavy atom. The van der Waals surface area contributed by atoms with E-state index in [0.29, 0.717) is 6.54 Å². The van der Waals surface area contributed by atoms with Gasteiger partial charge in [-0.2, -0.15) is 0 Å². The lowest BCUT2D eigenvalue weighted by Gasteiger charge is -2.12. The van der Waals surface area contributed by atoms with Crippen LogP contribution in [0.15, 0.2) is 12.4 Å². The van der Waals surface area contributed by atoms with Crippen molar-refractivity contribution < 1.29 is 14.6 Å². The first-order chi connectivity index (χ1) is 7.15. The fourth-order valence-electron chi connectivity index (χ4n) is 1.17. The number of methoxy groups -OCH3 is 1. The van der Waals surface area contributed by atoms with E-state index in [1.165, 1.54) is 7.11 Å². The molecular formula is C9H15N3O3. The maximum Gasteiger partial charge on any atom is 0.323 e. The number of carbonyl (C=O) groups is 1. The number of aryl methyl sites for hydroxylation is 1. The average Bonchev–Trinajstić information content (AvgIpc) is 2.58. The van der Waals surface area contributed by atoms with E-state index >= 15 is 0 Å². The number of nitrogens with one attached hydrogen (secondary N) is 1. The quantitative estimate of drug-likeness (QED) is 0.673. The summed E-state index contributed by atoms with van der Waals surface area (Å²) in [5, 5.41) is 11.7. The number of hydrogen-bond acceptors (Lipinski definition) is 4. The van der Waals surface area contributed by atoms with E-state index in [1.54, 1.807) is 6.20 Å². The molecule has 0 saturated heterocycles. The molecule has 6 heteroatoms. The Morgan fingerprint density at radius 1 is 1.80 bits per heavy atom. The molecule has 6 nitrogen and oxygen atoms in total. The van der Waals surface area contributed by atoms with Crippen molar-refractivity contribution >= 4 is 5.97 Å². The van der Waals surface area contributed by atoms with Crippen molar-refractivity contribution in [2.24, 2.45) is 7.05 Å². The van der Waals surface area contributed by atoms with Crippen LogP contribution in [-0.2, 0) is 23.1 Å². The molecule has 0 aliphatic rings. The third-order valence-corrected chi connectivity index (χ3v) is 2.06. The zero-order valence-electron chi connectivity index (χ0n) is 8.80. The third kappa shape index (κ3) is 3.34. The van der Waals surface area contributed by atoms with Crippen LogP contribution in [0.2, 0.25) is 0 Å². The Morgan fingerprint density at radius 2 is 2.53 bits per heavy atom. The summed E-state index contributed by atoms with van der Waals surface area (Å²) in [7, 11) is 3.33. The molecule has 0 aliphatic carbocycles. The monoisotopic (exact) mass is 213 g/mol. The summed E-state index contributed by atoms with van der Waals surface area (Å²) in [5.74, 6) is -0.136. The molecule has 84 valence electrons. The molecule has 0 radical (unpaired) electrons. The molecule has 0 bridgehead atoms. The highest BCUT2D eigenvalue weighted by molar-refractivity contribution is 5.73. The smallest absolute Gasteiger partial charge is 0.323 e. The molecule has 1 heterocycles. The van der Waals surface area contributed by atoms with E-state index in [0.717, 1.165) is 5.82 Å². The number of hydrogen-bond donors (Lipinski definition) is 2. The highest BCUT2D eigenvalue weighted by atomic mass is 16.5. The third-order valence-electron chi connectivity index (χ3n) is 2.06. The number of nitrogens with zero attached hydrogens (tertiary/aromatic N) is 2. The van der Waals surface area contributed by atoms with Crippen LogP contribution in [0.1, 0.15) is 5.82 Å². The minimum Gasteiger partial charge on any atom is -0.480 e. The number of ether oxygens (including phenoxy) is 1. The van der Waals surface area contributed by atoms with E-state index < -0.39 is 12.0 Å². The van der Waals surface area contributed by atoms with Crippen LogP contribution in [0.25, 0.3) is 0 Å². The molecule has 2 N–H and O–H groups in total. The van der Waals surface area contributed by atoms with Gasteiger partial charge < -0.3 is 14.4 Å². The number of carboxylic acids is 1. The fraction of sp³-hybridized carbons (Fsp3) is 0.556. The second-order valence-electron chi connectivity index (χ2n) is 3.18. The van der Waals surface area contributed by atoms with Gasteiger partial charge in [-0.15, -0.1) is 0 Å². The molecule has 1 aromatic rings. The van der Waals surface area contributed by atoms with Crippen molar-refractivity contribution in [1.29, 1.82) is 0 Å². The van der Waals surface area contributed by atoms with Crippen molar-refractivity contribution in [3.05, 3.63) is 18.2 Å². The number of imidazole rings is 1. The fourth-order valence-corrected chi connectivity index (χ4v) is 1.17. The highest BCUT2D eigenvalue weighted by Gasteiger charge is 2.16. The molecule has 1 unspecified atom stereocenters. The number of aliphatic carboxylic acids is 1. The summed E-state index contributed by atoms with van der Waals surface area (Å²) >= 11 is 0. The predicted molar refractivity (Wildman–Crippen MR) is 53.3 cm³/mol. The van der Waals surface area contributed by atoms with Gasteiger partial charge in [-0.25, -0.2) is 4.98 Å². The van der Waals surface area contributed by atoms with Crippen molar-refractivity contribution in [2.75, 3.05) is 13.7 Å². The standard InChI is InChI=1S/C9H15N3O3/c1-12-4-3-10-8(12)5-11-7(6-15-2)9(13)14/h3-4,7,11H,5-6H2,1-2H3,(H,13,14). The summed E-state index contributed by atoms with van der Waals surface area (Å²) in [6, 6.07) is -0.702. The van der Waals surface area contributed by atoms with Gasteiger partial charge in [0.2, 0.25) is 0 Å². The first kappa shape index (κ1) is 11.7. The van der Waals surface area contributed by atoms with Gasteiger partial charge in [-0.1, -0.05) is 0 Å². The number of carboxylic acid groups (broad SMARTS) is 1. The lowest BCUT2D eigenvalue weighted by Crippen LogP contribution is -2.40. The molecule has 0 saturated carbocycles. The van der Waals surface area contributed by atoms with Gasteiger partial charge in [-0.3, -0.25) is 10.1 Å². The van der Waals surface area contributed by atoms with Gasteiger partial charge in [0.25, 0.3) is 0 Å². The summed E-state index contributed by atoms with van der Waals surface area (Å²) in [6.07, 6.45) is 3.48. The molecule has 1 rings (SSSR count). The van der Waals surface area contributed by atoms with E-state index in [2.05, 4.69) is 10.3 Å². The van der Waals surface area contributed by atoms with Crippen molar-refractivity contribution in [1.82, 2.24) is 14.9 Å². The second-order valence-corrected chi connectivity index (χ2v) is 3.18. The van der Waals surface area contributed by atoms with Crippen LogP contribution < -0.4 is 5.32 Å². The van der Waals surface area contributed by atoms with Crippen LogP contribution >= 0.6 is 0 Å². The van der Waals surface area contributed by atoms with Crippen LogP contribution in [-0.4, -0.2) is 40.4 Å². The molecule has 15 heavy (non-hydrogen) atoms. The van der Waals surface area contributed by atoms with Crippen LogP contribution in [0, 0.1) is 0 Å². The van der Waals surface area contributed by atoms with Crippen molar-refractivity contribution in [3.8, 4) is 0 Å². The van der Waals surface area contributed by atoms with Crippen LogP contribution in [0.5, 0.6) is 0 Å². The minimum atomic E-state index is -0.925. The summed E-state index contributed by atoms with van der Waals surface area (Å²) in [5.41, 5.74) is 0. The summed E-state index contributed by atoms with van der Waals surface area (Å²) < 4.78 is 6.63. The molecule has 1 atom stereocenters. The molecule has 0 aromatic carbocycles. The first-order valence-electron chi connectivity index (χ1n) is 4.56. The largest absolute Gasteiger partial charge is 0.480 e. The molecular weight excluding hydrogens is 198 g/mol. The maximum atomic E-state index is 10.8. The van der Waals surface area contributed by atoms with Gasteiger partial charge in [0.1, 0.15) is 11.9 Å². The van der Waals surface area contributed by atoms with Crippen LogP contribution in [0.3, 0.4) is 0 Å². The van der Waals surface area contributed by atoms with E-state index in [4.69, 9.17) is 9.84 Å². The normalized spacial score (nSPS) is 12.7. The lowest BCUT2D eigenvalue weighted by molar-refractivity contribution is -0.140. The Balaban J connectivity index is 2.47. The highest BCUT2D eigenvalue weighted by Crippen LogP contribution is 1.95. The Hall–Kier alpha value is -1.40. The first-order valence-corrected chi connectivity index (χ1v) is 4.56. The van der Waals surface area contributed by atoms with Gasteiger partial charge in [0.05, 0.1) is 13.2 Å². The Bertz CT molecular complexity index is 324. The zero-order valence-corrected chi connectivity index (χ0v) is 8.80. The molecule has 1 aromatic heterocycles. The average molecular weight is 213 g/mol. The molecule has 0 fully saturated rings. The SMILES string of the molecule is COCC(NCc1nccn1C)C(=O)O. The van der Waals surface area contributed by atoms with Gasteiger partial charge in [0, 0.05) is 26.6 Å². The van der Waals surface area contributed by atoms with E-state index in [1.807, 2.05) is 17.8 Å². The topological polar surface area (TPSA) is 76.4 Å². The number of aromatic nitrogens is 2. The maximum absolute atomic E-state index is 10.8. The molecule has 0 amide bonds. The number of rotatable bonds is 6. The summed E-state index contributed by atoms with van der Waals surface area (Å²) in [4.78, 5) is 14.8. The van der Waals surface area contributed by atoms with Crippen molar-refractivity contribution in [3.63, 3.8) is 0 Å². The minimum absolute atomic E-state index is 0.139. The van der Waals surface area contributed by atoms with Gasteiger partial charge >= 0.3 is 5.97 Å². The van der Waals surface area contributed by atoms with Crippen LogP contribution in [0.4, 0.5) is 0 Å². The molecule has 0 spiro atoms. The summed E-state index contributed by atoms with van der Waals surface area (Å²) in [6.45, 7) is 0.545. The van der Waals surface area contributed by atoms with Gasteiger partial charge in [0.15, 0.2) is 0 Å². The zero-order chi connectivity index (χ0) is 11.3. The van der Waals surface area contributed by atoms with Gasteiger partial charge in [-0.05, 0) is 0 Å². The van der Waals surface area contributed by atoms with Crippen molar-refractivity contribution in [2.45, 2.75) is 12.6 Å². The lowest BCUT2D eigenvalue weighted by atomic mass is 10.3.